The quantitative estimate of drug-likeness (QED) is 0.367. The van der Waals surface area contributed by atoms with Crippen LogP contribution in [0.3, 0.4) is 0 Å². The van der Waals surface area contributed by atoms with Crippen LogP contribution >= 0.6 is 34.4 Å². The van der Waals surface area contributed by atoms with Gasteiger partial charge in [0.25, 0.3) is 11.1 Å². The molecule has 0 saturated carbocycles. The molecule has 25 heavy (non-hydrogen) atoms. The lowest BCUT2D eigenvalue weighted by Gasteiger charge is -2.18. The highest BCUT2D eigenvalue weighted by molar-refractivity contribution is 14.1. The number of amides is 2. The van der Waals surface area contributed by atoms with Gasteiger partial charge in [-0.15, -0.1) is 0 Å². The van der Waals surface area contributed by atoms with E-state index in [-0.39, 0.29) is 4.91 Å². The van der Waals surface area contributed by atoms with Crippen molar-refractivity contribution in [1.29, 1.82) is 0 Å². The average Bonchev–Trinajstić information content (AvgIpc) is 2.86. The summed E-state index contributed by atoms with van der Waals surface area (Å²) in [5.41, 5.74) is 0.679. The highest BCUT2D eigenvalue weighted by atomic mass is 127. The number of rotatable bonds is 5. The molecule has 1 aromatic carbocycles. The molecule has 1 heterocycles. The van der Waals surface area contributed by atoms with Crippen molar-refractivity contribution in [2.45, 2.75) is 13.0 Å². The van der Waals surface area contributed by atoms with Crippen LogP contribution in [0.2, 0.25) is 0 Å². The summed E-state index contributed by atoms with van der Waals surface area (Å²) in [5, 5.41) is -0.510. The summed E-state index contributed by atoms with van der Waals surface area (Å²) in [6, 6.07) is 2.53. The van der Waals surface area contributed by atoms with Crippen molar-refractivity contribution in [1.82, 2.24) is 4.90 Å². The maximum atomic E-state index is 12.5. The smallest absolute Gasteiger partial charge is 0.328 e. The third kappa shape index (κ3) is 3.92. The summed E-state index contributed by atoms with van der Waals surface area (Å²) in [4.78, 5) is 37.4. The molecule has 0 spiro atoms. The zero-order valence-electron chi connectivity index (χ0n) is 14.0. The SMILES string of the molecule is COC(=O)C(C)N1C(=O)S/C(=C/c2cc(I)c(OC)c(OC)c2)C1=O. The molecule has 7 nitrogen and oxygen atoms in total. The second-order valence-corrected chi connectivity index (χ2v) is 7.14. The van der Waals surface area contributed by atoms with Crippen molar-refractivity contribution in [3.8, 4) is 11.5 Å². The van der Waals surface area contributed by atoms with Gasteiger partial charge in [0.05, 0.1) is 29.8 Å². The molecule has 1 unspecified atom stereocenters. The molecule has 1 aliphatic rings. The van der Waals surface area contributed by atoms with Gasteiger partial charge in [-0.3, -0.25) is 14.5 Å². The minimum Gasteiger partial charge on any atom is -0.493 e. The number of esters is 1. The molecule has 2 rings (SSSR count). The Morgan fingerprint density at radius 1 is 1.24 bits per heavy atom. The van der Waals surface area contributed by atoms with E-state index in [1.807, 2.05) is 0 Å². The molecule has 0 aromatic heterocycles. The molecule has 0 bridgehead atoms. The van der Waals surface area contributed by atoms with Crippen LogP contribution in [-0.4, -0.2) is 49.4 Å². The molecule has 2 amide bonds. The van der Waals surface area contributed by atoms with Gasteiger partial charge in [-0.1, -0.05) is 0 Å². The summed E-state index contributed by atoms with van der Waals surface area (Å²) in [7, 11) is 4.27. The van der Waals surface area contributed by atoms with Crippen molar-refractivity contribution >= 4 is 57.5 Å². The highest BCUT2D eigenvalue weighted by Crippen LogP contribution is 2.37. The Labute approximate surface area is 162 Å². The molecule has 1 fully saturated rings. The number of carbonyl (C=O) groups excluding carboxylic acids is 3. The lowest BCUT2D eigenvalue weighted by atomic mass is 10.1. The van der Waals surface area contributed by atoms with Gasteiger partial charge >= 0.3 is 5.97 Å². The summed E-state index contributed by atoms with van der Waals surface area (Å²) >= 11 is 2.87. The van der Waals surface area contributed by atoms with Gasteiger partial charge in [-0.05, 0) is 65.0 Å². The van der Waals surface area contributed by atoms with Crippen molar-refractivity contribution in [3.63, 3.8) is 0 Å². The first-order chi connectivity index (χ1) is 11.8. The molecule has 1 aromatic rings. The summed E-state index contributed by atoms with van der Waals surface area (Å²) in [6.45, 7) is 1.45. The van der Waals surface area contributed by atoms with Gasteiger partial charge in [0.1, 0.15) is 6.04 Å². The molecule has 1 atom stereocenters. The number of carbonyl (C=O) groups is 3. The van der Waals surface area contributed by atoms with E-state index in [1.54, 1.807) is 25.3 Å². The zero-order valence-corrected chi connectivity index (χ0v) is 17.0. The van der Waals surface area contributed by atoms with E-state index in [0.717, 1.165) is 20.2 Å². The first kappa shape index (κ1) is 19.6. The Bertz CT molecular complexity index is 763. The Balaban J connectivity index is 2.37. The Hall–Kier alpha value is -1.75. The van der Waals surface area contributed by atoms with Gasteiger partial charge in [-0.25, -0.2) is 4.79 Å². The number of hydrogen-bond donors (Lipinski definition) is 0. The number of imide groups is 1. The van der Waals surface area contributed by atoms with Gasteiger partial charge < -0.3 is 14.2 Å². The van der Waals surface area contributed by atoms with E-state index >= 15 is 0 Å². The van der Waals surface area contributed by atoms with Gasteiger partial charge in [0.2, 0.25) is 0 Å². The van der Waals surface area contributed by atoms with Crippen molar-refractivity contribution in [2.24, 2.45) is 0 Å². The standard InChI is InChI=1S/C16H16INO6S/c1-8(15(20)24-4)18-14(19)12(25-16(18)21)7-9-5-10(17)13(23-3)11(6-9)22-2/h5-8H,1-4H3/b12-7+. The first-order valence-corrected chi connectivity index (χ1v) is 9.00. The number of halogens is 1. The minimum atomic E-state index is -0.978. The fraction of sp³-hybridized carbons (Fsp3) is 0.312. The largest absolute Gasteiger partial charge is 0.493 e. The van der Waals surface area contributed by atoms with Crippen LogP contribution in [0, 0.1) is 3.57 Å². The molecule has 0 radical (unpaired) electrons. The van der Waals surface area contributed by atoms with Crippen molar-refractivity contribution in [2.75, 3.05) is 21.3 Å². The summed E-state index contributed by atoms with van der Waals surface area (Å²) in [6.07, 6.45) is 1.58. The fourth-order valence-electron chi connectivity index (χ4n) is 2.26. The molecule has 134 valence electrons. The third-order valence-electron chi connectivity index (χ3n) is 3.51. The van der Waals surface area contributed by atoms with Gasteiger partial charge in [0, 0.05) is 0 Å². The Morgan fingerprint density at radius 2 is 1.92 bits per heavy atom. The van der Waals surface area contributed by atoms with E-state index < -0.39 is 23.2 Å². The van der Waals surface area contributed by atoms with E-state index in [1.165, 1.54) is 21.1 Å². The topological polar surface area (TPSA) is 82.1 Å². The van der Waals surface area contributed by atoms with Crippen LogP contribution in [0.1, 0.15) is 12.5 Å². The number of benzene rings is 1. The first-order valence-electron chi connectivity index (χ1n) is 7.10. The van der Waals surface area contributed by atoms with Crippen LogP contribution in [0.25, 0.3) is 6.08 Å². The normalized spacial score (nSPS) is 17.0. The van der Waals surface area contributed by atoms with E-state index in [4.69, 9.17) is 9.47 Å². The summed E-state index contributed by atoms with van der Waals surface area (Å²) < 4.78 is 16.0. The predicted molar refractivity (Wildman–Crippen MR) is 102 cm³/mol. The fourth-order valence-corrected chi connectivity index (χ4v) is 4.02. The monoisotopic (exact) mass is 477 g/mol. The van der Waals surface area contributed by atoms with E-state index in [0.29, 0.717) is 17.1 Å². The maximum absolute atomic E-state index is 12.5. The number of thioether (sulfide) groups is 1. The maximum Gasteiger partial charge on any atom is 0.328 e. The molecule has 1 saturated heterocycles. The number of methoxy groups -OCH3 is 3. The molecular formula is C16H16INO6S. The van der Waals surface area contributed by atoms with Crippen LogP contribution in [0.5, 0.6) is 11.5 Å². The van der Waals surface area contributed by atoms with Crippen molar-refractivity contribution in [3.05, 3.63) is 26.2 Å². The lowest BCUT2D eigenvalue weighted by molar-refractivity contribution is -0.148. The second kappa shape index (κ2) is 8.09. The Morgan fingerprint density at radius 3 is 2.48 bits per heavy atom. The second-order valence-electron chi connectivity index (χ2n) is 4.99. The number of ether oxygens (including phenoxy) is 3. The zero-order chi connectivity index (χ0) is 18.7. The highest BCUT2D eigenvalue weighted by Gasteiger charge is 2.41. The van der Waals surface area contributed by atoms with Crippen LogP contribution < -0.4 is 9.47 Å². The van der Waals surface area contributed by atoms with E-state index in [9.17, 15) is 14.4 Å². The van der Waals surface area contributed by atoms with E-state index in [2.05, 4.69) is 27.3 Å². The van der Waals surface area contributed by atoms with Crippen LogP contribution in [0.15, 0.2) is 17.0 Å². The number of hydrogen-bond acceptors (Lipinski definition) is 7. The molecule has 0 N–H and O–H groups in total. The predicted octanol–water partition coefficient (Wildman–Crippen LogP) is 2.91. The molecule has 0 aliphatic carbocycles. The van der Waals surface area contributed by atoms with Crippen LogP contribution in [-0.2, 0) is 14.3 Å². The minimum absolute atomic E-state index is 0.226. The summed E-state index contributed by atoms with van der Waals surface area (Å²) in [5.74, 6) is -0.0719. The van der Waals surface area contributed by atoms with Crippen molar-refractivity contribution < 1.29 is 28.6 Å². The van der Waals surface area contributed by atoms with Gasteiger partial charge in [-0.2, -0.15) is 0 Å². The molecular weight excluding hydrogens is 461 g/mol. The third-order valence-corrected chi connectivity index (χ3v) is 5.19. The Kier molecular flexibility index (Phi) is 6.33. The molecule has 1 aliphatic heterocycles. The lowest BCUT2D eigenvalue weighted by Crippen LogP contribution is -2.42. The van der Waals surface area contributed by atoms with Gasteiger partial charge in [0.15, 0.2) is 11.5 Å². The average molecular weight is 477 g/mol. The molecule has 9 heteroatoms. The van der Waals surface area contributed by atoms with Crippen LogP contribution in [0.4, 0.5) is 4.79 Å². The number of nitrogens with zero attached hydrogens (tertiary/aromatic N) is 1.